The van der Waals surface area contributed by atoms with Gasteiger partial charge in [0.25, 0.3) is 0 Å². The fourth-order valence-electron chi connectivity index (χ4n) is 1.09. The Bertz CT molecular complexity index is 291. The van der Waals surface area contributed by atoms with Crippen LogP contribution in [0.3, 0.4) is 0 Å². The van der Waals surface area contributed by atoms with Gasteiger partial charge in [-0.3, -0.25) is 4.98 Å². The van der Waals surface area contributed by atoms with Crippen LogP contribution < -0.4 is 0 Å². The zero-order valence-corrected chi connectivity index (χ0v) is 7.59. The molecule has 0 aromatic carbocycles. The number of rotatable bonds is 2. The average molecular weight is 159 g/mol. The standard InChI is InChI=1S/C11H13N/c1-8(2)10-6-5-7-12-11(10)9(3)4/h5-7H,1,3H2,2,4H3. The van der Waals surface area contributed by atoms with E-state index in [0.717, 1.165) is 22.4 Å². The molecule has 0 atom stereocenters. The lowest BCUT2D eigenvalue weighted by Gasteiger charge is -2.06. The number of nitrogens with zero attached hydrogens (tertiary/aromatic N) is 1. The topological polar surface area (TPSA) is 12.9 Å². The number of hydrogen-bond acceptors (Lipinski definition) is 1. The summed E-state index contributed by atoms with van der Waals surface area (Å²) in [5.74, 6) is 0. The molecule has 0 bridgehead atoms. The maximum absolute atomic E-state index is 4.24. The van der Waals surface area contributed by atoms with Crippen LogP contribution in [-0.4, -0.2) is 4.98 Å². The summed E-state index contributed by atoms with van der Waals surface area (Å²) < 4.78 is 0. The van der Waals surface area contributed by atoms with Gasteiger partial charge in [0.15, 0.2) is 0 Å². The van der Waals surface area contributed by atoms with Gasteiger partial charge in [-0.25, -0.2) is 0 Å². The molecule has 0 aliphatic rings. The van der Waals surface area contributed by atoms with E-state index >= 15 is 0 Å². The SMILES string of the molecule is C=C(C)c1cccnc1C(=C)C. The largest absolute Gasteiger partial charge is 0.256 e. The van der Waals surface area contributed by atoms with Crippen LogP contribution in [0.1, 0.15) is 25.1 Å². The van der Waals surface area contributed by atoms with Gasteiger partial charge >= 0.3 is 0 Å². The summed E-state index contributed by atoms with van der Waals surface area (Å²) in [4.78, 5) is 4.24. The second-order valence-electron chi connectivity index (χ2n) is 2.96. The lowest BCUT2D eigenvalue weighted by molar-refractivity contribution is 1.25. The van der Waals surface area contributed by atoms with Crippen LogP contribution in [0.4, 0.5) is 0 Å². The van der Waals surface area contributed by atoms with E-state index in [0.29, 0.717) is 0 Å². The Hall–Kier alpha value is -1.37. The highest BCUT2D eigenvalue weighted by Crippen LogP contribution is 2.19. The Balaban J connectivity index is 3.27. The molecule has 0 fully saturated rings. The van der Waals surface area contributed by atoms with Crippen LogP contribution in [0.15, 0.2) is 31.5 Å². The molecule has 0 aliphatic carbocycles. The number of aromatic nitrogens is 1. The fourth-order valence-corrected chi connectivity index (χ4v) is 1.09. The summed E-state index contributed by atoms with van der Waals surface area (Å²) in [5.41, 5.74) is 4.05. The van der Waals surface area contributed by atoms with E-state index in [1.165, 1.54) is 0 Å². The zero-order valence-electron chi connectivity index (χ0n) is 7.59. The predicted molar refractivity (Wildman–Crippen MR) is 53.7 cm³/mol. The van der Waals surface area contributed by atoms with Gasteiger partial charge in [0.2, 0.25) is 0 Å². The third-order valence-corrected chi connectivity index (χ3v) is 1.67. The molecular weight excluding hydrogens is 146 g/mol. The van der Waals surface area contributed by atoms with Gasteiger partial charge in [-0.2, -0.15) is 0 Å². The van der Waals surface area contributed by atoms with Gasteiger partial charge in [0, 0.05) is 11.8 Å². The van der Waals surface area contributed by atoms with Gasteiger partial charge in [-0.05, 0) is 31.1 Å². The van der Waals surface area contributed by atoms with E-state index in [-0.39, 0.29) is 0 Å². The van der Waals surface area contributed by atoms with Crippen molar-refractivity contribution in [2.75, 3.05) is 0 Å². The second kappa shape index (κ2) is 3.35. The first-order valence-corrected chi connectivity index (χ1v) is 3.89. The Morgan fingerprint density at radius 3 is 2.33 bits per heavy atom. The van der Waals surface area contributed by atoms with Crippen LogP contribution in [0.25, 0.3) is 11.1 Å². The molecule has 62 valence electrons. The molecule has 1 aromatic rings. The molecule has 1 rings (SSSR count). The van der Waals surface area contributed by atoms with Crippen molar-refractivity contribution in [3.8, 4) is 0 Å². The normalized spacial score (nSPS) is 9.50. The molecule has 0 saturated carbocycles. The van der Waals surface area contributed by atoms with E-state index in [9.17, 15) is 0 Å². The van der Waals surface area contributed by atoms with Crippen LogP contribution in [0.5, 0.6) is 0 Å². The molecule has 0 N–H and O–H groups in total. The van der Waals surface area contributed by atoms with Gasteiger partial charge in [0.1, 0.15) is 0 Å². The third kappa shape index (κ3) is 1.62. The van der Waals surface area contributed by atoms with E-state index in [1.807, 2.05) is 26.0 Å². The molecule has 1 nitrogen and oxygen atoms in total. The average Bonchev–Trinajstić information content (AvgIpc) is 2.04. The van der Waals surface area contributed by atoms with Gasteiger partial charge < -0.3 is 0 Å². The van der Waals surface area contributed by atoms with Crippen molar-refractivity contribution in [1.82, 2.24) is 4.98 Å². The minimum Gasteiger partial charge on any atom is -0.256 e. The first kappa shape index (κ1) is 8.72. The van der Waals surface area contributed by atoms with Crippen molar-refractivity contribution in [2.24, 2.45) is 0 Å². The molecule has 1 aromatic heterocycles. The minimum absolute atomic E-state index is 0.949. The molecule has 0 spiro atoms. The van der Waals surface area contributed by atoms with Crippen LogP contribution in [-0.2, 0) is 0 Å². The van der Waals surface area contributed by atoms with Crippen molar-refractivity contribution >= 4 is 11.1 Å². The van der Waals surface area contributed by atoms with Crippen molar-refractivity contribution in [3.63, 3.8) is 0 Å². The van der Waals surface area contributed by atoms with Gasteiger partial charge in [-0.1, -0.05) is 19.2 Å². The Kier molecular flexibility index (Phi) is 2.44. The molecular formula is C11H13N. The summed E-state index contributed by atoms with van der Waals surface area (Å²) in [6.07, 6.45) is 1.77. The van der Waals surface area contributed by atoms with Crippen molar-refractivity contribution < 1.29 is 0 Å². The first-order valence-electron chi connectivity index (χ1n) is 3.89. The molecule has 12 heavy (non-hydrogen) atoms. The highest BCUT2D eigenvalue weighted by Gasteiger charge is 2.02. The molecule has 1 heteroatoms. The molecule has 0 saturated heterocycles. The molecule has 1 heterocycles. The second-order valence-corrected chi connectivity index (χ2v) is 2.96. The lowest BCUT2D eigenvalue weighted by Crippen LogP contribution is -1.91. The summed E-state index contributed by atoms with van der Waals surface area (Å²) in [6, 6.07) is 3.93. The summed E-state index contributed by atoms with van der Waals surface area (Å²) in [6.45, 7) is 11.7. The Labute approximate surface area is 73.5 Å². The number of hydrogen-bond donors (Lipinski definition) is 0. The maximum Gasteiger partial charge on any atom is 0.0727 e. The number of pyridine rings is 1. The van der Waals surface area contributed by atoms with Crippen molar-refractivity contribution in [1.29, 1.82) is 0 Å². The first-order chi connectivity index (χ1) is 5.63. The maximum atomic E-state index is 4.24. The smallest absolute Gasteiger partial charge is 0.0727 e. The Morgan fingerprint density at radius 2 is 1.92 bits per heavy atom. The van der Waals surface area contributed by atoms with E-state index in [4.69, 9.17) is 0 Å². The molecule has 0 amide bonds. The van der Waals surface area contributed by atoms with Gasteiger partial charge in [0.05, 0.1) is 5.69 Å². The summed E-state index contributed by atoms with van der Waals surface area (Å²) in [5, 5.41) is 0. The highest BCUT2D eigenvalue weighted by atomic mass is 14.7. The lowest BCUT2D eigenvalue weighted by atomic mass is 10.0. The van der Waals surface area contributed by atoms with Gasteiger partial charge in [-0.15, -0.1) is 0 Å². The zero-order chi connectivity index (χ0) is 9.14. The van der Waals surface area contributed by atoms with Crippen LogP contribution in [0, 0.1) is 0 Å². The minimum atomic E-state index is 0.949. The highest BCUT2D eigenvalue weighted by molar-refractivity contribution is 5.73. The van der Waals surface area contributed by atoms with Crippen LogP contribution in [0.2, 0.25) is 0 Å². The van der Waals surface area contributed by atoms with Crippen LogP contribution >= 0.6 is 0 Å². The fraction of sp³-hybridized carbons (Fsp3) is 0.182. The Morgan fingerprint density at radius 1 is 1.25 bits per heavy atom. The molecule has 0 unspecified atom stereocenters. The monoisotopic (exact) mass is 159 g/mol. The summed E-state index contributed by atoms with van der Waals surface area (Å²) in [7, 11) is 0. The van der Waals surface area contributed by atoms with Crippen molar-refractivity contribution in [3.05, 3.63) is 42.7 Å². The van der Waals surface area contributed by atoms with E-state index in [2.05, 4.69) is 18.1 Å². The number of allylic oxidation sites excluding steroid dienone is 2. The summed E-state index contributed by atoms with van der Waals surface area (Å²) >= 11 is 0. The van der Waals surface area contributed by atoms with Crippen molar-refractivity contribution in [2.45, 2.75) is 13.8 Å². The van der Waals surface area contributed by atoms with E-state index in [1.54, 1.807) is 6.20 Å². The quantitative estimate of drug-likeness (QED) is 0.646. The molecule has 0 radical (unpaired) electrons. The van der Waals surface area contributed by atoms with E-state index < -0.39 is 0 Å². The molecule has 0 aliphatic heterocycles. The third-order valence-electron chi connectivity index (χ3n) is 1.67. The predicted octanol–water partition coefficient (Wildman–Crippen LogP) is 3.15.